The second-order valence-electron chi connectivity index (χ2n) is 4.22. The van der Waals surface area contributed by atoms with Crippen LogP contribution in [0, 0.1) is 0 Å². The van der Waals surface area contributed by atoms with Gasteiger partial charge in [0.05, 0.1) is 18.1 Å². The highest BCUT2D eigenvalue weighted by molar-refractivity contribution is 7.90. The highest BCUT2D eigenvalue weighted by Crippen LogP contribution is 2.11. The molecule has 0 radical (unpaired) electrons. The molecule has 0 spiro atoms. The van der Waals surface area contributed by atoms with E-state index in [4.69, 9.17) is 0 Å². The highest BCUT2D eigenvalue weighted by atomic mass is 32.2. The van der Waals surface area contributed by atoms with Crippen LogP contribution in [0.3, 0.4) is 0 Å². The van der Waals surface area contributed by atoms with Crippen LogP contribution in [0.2, 0.25) is 0 Å². The Balaban J connectivity index is 2.00. The molecule has 0 aliphatic carbocycles. The molecule has 2 rings (SSSR count). The van der Waals surface area contributed by atoms with Crippen molar-refractivity contribution < 1.29 is 8.42 Å². The second-order valence-corrected chi connectivity index (χ2v) is 6.18. The molecule has 0 aliphatic heterocycles. The van der Waals surface area contributed by atoms with Gasteiger partial charge in [-0.15, -0.1) is 0 Å². The van der Waals surface area contributed by atoms with Crippen molar-refractivity contribution in [3.63, 3.8) is 0 Å². The maximum absolute atomic E-state index is 11.3. The van der Waals surface area contributed by atoms with Crippen LogP contribution in [-0.4, -0.2) is 29.4 Å². The molecule has 0 unspecified atom stereocenters. The van der Waals surface area contributed by atoms with Crippen molar-refractivity contribution in [2.45, 2.75) is 25.0 Å². The zero-order valence-electron chi connectivity index (χ0n) is 10.9. The Morgan fingerprint density at radius 2 is 2.11 bits per heavy atom. The summed E-state index contributed by atoms with van der Waals surface area (Å²) in [5.41, 5.74) is 1.84. The summed E-state index contributed by atoms with van der Waals surface area (Å²) in [7, 11) is -3.24. The molecule has 1 N–H and O–H groups in total. The fourth-order valence-corrected chi connectivity index (χ4v) is 2.14. The number of nitrogens with zero attached hydrogens (tertiary/aromatic N) is 3. The van der Waals surface area contributed by atoms with Crippen molar-refractivity contribution >= 4 is 15.5 Å². The molecule has 6 nitrogen and oxygen atoms in total. The minimum Gasteiger partial charge on any atom is -0.380 e. The molecule has 2 aromatic heterocycles. The van der Waals surface area contributed by atoms with Gasteiger partial charge in [-0.1, -0.05) is 0 Å². The average Bonchev–Trinajstić information content (AvgIpc) is 2.84. The van der Waals surface area contributed by atoms with Crippen molar-refractivity contribution in [2.24, 2.45) is 0 Å². The molecular formula is C12H16N4O2S. The van der Waals surface area contributed by atoms with Gasteiger partial charge in [0.15, 0.2) is 14.9 Å². The normalized spacial score (nSPS) is 11.5. The smallest absolute Gasteiger partial charge is 0.192 e. The van der Waals surface area contributed by atoms with Crippen LogP contribution in [0.25, 0.3) is 0 Å². The summed E-state index contributed by atoms with van der Waals surface area (Å²) in [4.78, 5) is 3.91. The number of anilines is 1. The Labute approximate surface area is 112 Å². The van der Waals surface area contributed by atoms with Gasteiger partial charge < -0.3 is 5.32 Å². The van der Waals surface area contributed by atoms with Gasteiger partial charge in [-0.05, 0) is 19.1 Å². The summed E-state index contributed by atoms with van der Waals surface area (Å²) in [6.45, 7) is 3.49. The van der Waals surface area contributed by atoms with Crippen LogP contribution in [0.4, 0.5) is 5.69 Å². The van der Waals surface area contributed by atoms with Gasteiger partial charge in [0, 0.05) is 31.1 Å². The summed E-state index contributed by atoms with van der Waals surface area (Å²) in [6, 6.07) is 3.20. The van der Waals surface area contributed by atoms with E-state index in [0.29, 0.717) is 6.54 Å². The van der Waals surface area contributed by atoms with E-state index >= 15 is 0 Å². The van der Waals surface area contributed by atoms with Crippen molar-refractivity contribution in [2.75, 3.05) is 11.6 Å². The standard InChI is InChI=1S/C12H16N4O2S/c1-3-16-9-10(7-15-16)6-13-11-4-5-12(14-8-11)19(2,17)18/h4-5,7-9,13H,3,6H2,1-2H3. The van der Waals surface area contributed by atoms with E-state index < -0.39 is 9.84 Å². The number of rotatable bonds is 5. The molecular weight excluding hydrogens is 264 g/mol. The van der Waals surface area contributed by atoms with E-state index in [2.05, 4.69) is 15.4 Å². The molecule has 0 aliphatic rings. The van der Waals surface area contributed by atoms with Gasteiger partial charge in [0.1, 0.15) is 0 Å². The van der Waals surface area contributed by atoms with Crippen LogP contribution in [0.5, 0.6) is 0 Å². The first kappa shape index (κ1) is 13.5. The van der Waals surface area contributed by atoms with E-state index in [1.54, 1.807) is 12.3 Å². The quantitative estimate of drug-likeness (QED) is 0.893. The maximum atomic E-state index is 11.3. The lowest BCUT2D eigenvalue weighted by atomic mass is 10.3. The molecule has 0 saturated heterocycles. The number of sulfone groups is 1. The third-order valence-corrected chi connectivity index (χ3v) is 3.62. The van der Waals surface area contributed by atoms with Gasteiger partial charge in [-0.2, -0.15) is 5.10 Å². The predicted molar refractivity (Wildman–Crippen MR) is 72.6 cm³/mol. The number of pyridine rings is 1. The van der Waals surface area contributed by atoms with Crippen molar-refractivity contribution in [3.8, 4) is 0 Å². The first-order valence-electron chi connectivity index (χ1n) is 5.90. The molecule has 0 saturated carbocycles. The Bertz CT molecular complexity index is 647. The summed E-state index contributed by atoms with van der Waals surface area (Å²) in [5, 5.41) is 7.42. The van der Waals surface area contributed by atoms with E-state index in [1.165, 1.54) is 12.3 Å². The molecule has 0 amide bonds. The molecule has 2 heterocycles. The van der Waals surface area contributed by atoms with Crippen LogP contribution in [0.15, 0.2) is 35.7 Å². The lowest BCUT2D eigenvalue weighted by molar-refractivity contribution is 0.598. The van der Waals surface area contributed by atoms with Crippen molar-refractivity contribution in [1.82, 2.24) is 14.8 Å². The van der Waals surface area contributed by atoms with Crippen LogP contribution < -0.4 is 5.32 Å². The Kier molecular flexibility index (Phi) is 3.84. The summed E-state index contributed by atoms with van der Waals surface area (Å²) in [6.07, 6.45) is 6.42. The molecule has 102 valence electrons. The van der Waals surface area contributed by atoms with Crippen LogP contribution in [-0.2, 0) is 22.9 Å². The van der Waals surface area contributed by atoms with Crippen molar-refractivity contribution in [3.05, 3.63) is 36.3 Å². The van der Waals surface area contributed by atoms with E-state index in [1.807, 2.05) is 17.8 Å². The fraction of sp³-hybridized carbons (Fsp3) is 0.333. The number of hydrogen-bond donors (Lipinski definition) is 1. The third-order valence-electron chi connectivity index (χ3n) is 2.62. The van der Waals surface area contributed by atoms with Gasteiger partial charge in [-0.25, -0.2) is 13.4 Å². The van der Waals surface area contributed by atoms with Gasteiger partial charge >= 0.3 is 0 Å². The lowest BCUT2D eigenvalue weighted by Crippen LogP contribution is -2.03. The van der Waals surface area contributed by atoms with E-state index in [0.717, 1.165) is 24.1 Å². The summed E-state index contributed by atoms with van der Waals surface area (Å²) in [5.74, 6) is 0. The van der Waals surface area contributed by atoms with Crippen LogP contribution >= 0.6 is 0 Å². The Hall–Kier alpha value is -1.89. The Morgan fingerprint density at radius 3 is 2.63 bits per heavy atom. The topological polar surface area (TPSA) is 76.9 Å². The average molecular weight is 280 g/mol. The van der Waals surface area contributed by atoms with Crippen LogP contribution in [0.1, 0.15) is 12.5 Å². The number of aryl methyl sites for hydroxylation is 1. The zero-order chi connectivity index (χ0) is 13.9. The molecule has 19 heavy (non-hydrogen) atoms. The number of nitrogens with one attached hydrogen (secondary N) is 1. The first-order chi connectivity index (χ1) is 8.99. The molecule has 7 heteroatoms. The molecule has 0 atom stereocenters. The fourth-order valence-electron chi connectivity index (χ4n) is 1.58. The van der Waals surface area contributed by atoms with E-state index in [-0.39, 0.29) is 5.03 Å². The zero-order valence-corrected chi connectivity index (χ0v) is 11.7. The third kappa shape index (κ3) is 3.54. The van der Waals surface area contributed by atoms with E-state index in [9.17, 15) is 8.42 Å². The highest BCUT2D eigenvalue weighted by Gasteiger charge is 2.07. The molecule has 0 bridgehead atoms. The Morgan fingerprint density at radius 1 is 1.32 bits per heavy atom. The maximum Gasteiger partial charge on any atom is 0.192 e. The largest absolute Gasteiger partial charge is 0.380 e. The SMILES string of the molecule is CCn1cc(CNc2ccc(S(C)(=O)=O)nc2)cn1. The molecule has 0 aromatic carbocycles. The lowest BCUT2D eigenvalue weighted by Gasteiger charge is -2.04. The molecule has 2 aromatic rings. The second kappa shape index (κ2) is 5.40. The van der Waals surface area contributed by atoms with Crippen molar-refractivity contribution in [1.29, 1.82) is 0 Å². The first-order valence-corrected chi connectivity index (χ1v) is 7.79. The molecule has 0 fully saturated rings. The number of hydrogen-bond acceptors (Lipinski definition) is 5. The van der Waals surface area contributed by atoms with Gasteiger partial charge in [0.25, 0.3) is 0 Å². The number of aromatic nitrogens is 3. The summed E-state index contributed by atoms with van der Waals surface area (Å²) >= 11 is 0. The monoisotopic (exact) mass is 280 g/mol. The van der Waals surface area contributed by atoms with Gasteiger partial charge in [0.2, 0.25) is 0 Å². The predicted octanol–water partition coefficient (Wildman–Crippen LogP) is 1.31. The minimum absolute atomic E-state index is 0.0804. The summed E-state index contributed by atoms with van der Waals surface area (Å²) < 4.78 is 24.4. The minimum atomic E-state index is -3.24. The van der Waals surface area contributed by atoms with Gasteiger partial charge in [-0.3, -0.25) is 4.68 Å².